The van der Waals surface area contributed by atoms with Crippen LogP contribution in [0.5, 0.6) is 5.75 Å². The molecule has 0 bridgehead atoms. The Labute approximate surface area is 167 Å². The van der Waals surface area contributed by atoms with E-state index in [4.69, 9.17) is 4.74 Å². The molecule has 0 aliphatic heterocycles. The van der Waals surface area contributed by atoms with Crippen molar-refractivity contribution < 1.29 is 14.8 Å². The molecule has 0 radical (unpaired) electrons. The van der Waals surface area contributed by atoms with Crippen molar-refractivity contribution in [1.82, 2.24) is 0 Å². The van der Waals surface area contributed by atoms with Crippen molar-refractivity contribution in [2.45, 2.75) is 13.2 Å². The zero-order chi connectivity index (χ0) is 20.6. The largest absolute Gasteiger partial charge is 0.497 e. The highest BCUT2D eigenvalue weighted by Gasteiger charge is 2.05. The number of rotatable bonds is 8. The number of hydrogen-bond donors (Lipinski definition) is 2. The summed E-state index contributed by atoms with van der Waals surface area (Å²) in [4.78, 5) is 10.2. The maximum atomic E-state index is 10.7. The summed E-state index contributed by atoms with van der Waals surface area (Å²) in [5.41, 5.74) is 3.57. The lowest BCUT2D eigenvalue weighted by Gasteiger charge is -2.10. The third-order valence-electron chi connectivity index (χ3n) is 4.24. The number of non-ortho nitro benzene ring substituents is 1. The molecular weight excluding hydrogens is 372 g/mol. The van der Waals surface area contributed by atoms with Gasteiger partial charge in [0, 0.05) is 29.9 Å². The molecule has 0 unspecified atom stereocenters. The van der Waals surface area contributed by atoms with Gasteiger partial charge in [-0.15, -0.1) is 0 Å². The van der Waals surface area contributed by atoms with E-state index in [1.807, 2.05) is 36.4 Å². The summed E-state index contributed by atoms with van der Waals surface area (Å²) in [6, 6.07) is 19.0. The Balaban J connectivity index is 1.68. The highest BCUT2D eigenvalue weighted by molar-refractivity contribution is 5.57. The minimum Gasteiger partial charge on any atom is -0.497 e. The van der Waals surface area contributed by atoms with Gasteiger partial charge in [-0.2, -0.15) is 10.2 Å². The van der Waals surface area contributed by atoms with Crippen molar-refractivity contribution in [2.24, 2.45) is 10.2 Å². The normalized spacial score (nSPS) is 10.8. The zero-order valence-corrected chi connectivity index (χ0v) is 15.8. The van der Waals surface area contributed by atoms with Crippen LogP contribution >= 0.6 is 0 Å². The number of aliphatic hydroxyl groups is 1. The van der Waals surface area contributed by atoms with E-state index < -0.39 is 4.92 Å². The summed E-state index contributed by atoms with van der Waals surface area (Å²) in [5.74, 6) is 0.805. The van der Waals surface area contributed by atoms with Crippen LogP contribution in [0.3, 0.4) is 0 Å². The number of nitrogens with zero attached hydrogens (tertiary/aromatic N) is 3. The van der Waals surface area contributed by atoms with E-state index in [9.17, 15) is 15.2 Å². The van der Waals surface area contributed by atoms with Crippen molar-refractivity contribution in [2.75, 3.05) is 12.4 Å². The maximum absolute atomic E-state index is 10.7. The molecule has 0 aliphatic rings. The molecule has 3 rings (SSSR count). The van der Waals surface area contributed by atoms with Gasteiger partial charge in [-0.1, -0.05) is 12.1 Å². The monoisotopic (exact) mass is 392 g/mol. The fraction of sp³-hybridized carbons (Fsp3) is 0.143. The molecule has 0 heterocycles. The van der Waals surface area contributed by atoms with E-state index >= 15 is 0 Å². The molecule has 8 heteroatoms. The number of nitro groups is 1. The van der Waals surface area contributed by atoms with Crippen molar-refractivity contribution in [3.05, 3.63) is 88.0 Å². The van der Waals surface area contributed by atoms with Crippen LogP contribution < -0.4 is 10.1 Å². The molecule has 0 fully saturated rings. The second-order valence-corrected chi connectivity index (χ2v) is 6.18. The average Bonchev–Trinajstić information content (AvgIpc) is 2.77. The first kappa shape index (κ1) is 20.0. The van der Waals surface area contributed by atoms with Gasteiger partial charge in [-0.05, 0) is 48.0 Å². The number of ether oxygens (including phenoxy) is 1. The molecular formula is C21H20N4O4. The van der Waals surface area contributed by atoms with E-state index in [0.29, 0.717) is 23.5 Å². The van der Waals surface area contributed by atoms with E-state index in [1.165, 1.54) is 24.3 Å². The number of aliphatic hydroxyl groups excluding tert-OH is 1. The first-order chi connectivity index (χ1) is 14.1. The summed E-state index contributed by atoms with van der Waals surface area (Å²) in [7, 11) is 1.63. The lowest BCUT2D eigenvalue weighted by Crippen LogP contribution is -2.00. The van der Waals surface area contributed by atoms with E-state index in [2.05, 4.69) is 15.5 Å². The van der Waals surface area contributed by atoms with Crippen molar-refractivity contribution in [3.63, 3.8) is 0 Å². The zero-order valence-electron chi connectivity index (χ0n) is 15.8. The molecule has 0 aliphatic carbocycles. The molecule has 148 valence electrons. The first-order valence-electron chi connectivity index (χ1n) is 8.86. The van der Waals surface area contributed by atoms with Crippen molar-refractivity contribution in [3.8, 4) is 5.75 Å². The Morgan fingerprint density at radius 3 is 2.38 bits per heavy atom. The fourth-order valence-electron chi connectivity index (χ4n) is 2.62. The number of methoxy groups -OCH3 is 1. The summed E-state index contributed by atoms with van der Waals surface area (Å²) in [6.45, 7) is 0.436. The highest BCUT2D eigenvalue weighted by Crippen LogP contribution is 2.27. The minimum atomic E-state index is -0.470. The molecule has 0 spiro atoms. The first-order valence-corrected chi connectivity index (χ1v) is 8.86. The highest BCUT2D eigenvalue weighted by atomic mass is 16.6. The Morgan fingerprint density at radius 2 is 1.76 bits per heavy atom. The molecule has 0 saturated carbocycles. The van der Waals surface area contributed by atoms with Gasteiger partial charge in [0.2, 0.25) is 0 Å². The fourth-order valence-corrected chi connectivity index (χ4v) is 2.62. The van der Waals surface area contributed by atoms with Gasteiger partial charge in [-0.25, -0.2) is 0 Å². The number of hydrogen-bond acceptors (Lipinski definition) is 7. The maximum Gasteiger partial charge on any atom is 0.269 e. The van der Waals surface area contributed by atoms with Gasteiger partial charge in [0.25, 0.3) is 5.69 Å². The van der Waals surface area contributed by atoms with Crippen LogP contribution in [-0.2, 0) is 13.2 Å². The SMILES string of the molecule is COc1ccc(CNc2ccc(N=Nc3ccc([N+](=O)[O-])cc3)c(CO)c2)cc1. The third-order valence-corrected chi connectivity index (χ3v) is 4.24. The van der Waals surface area contributed by atoms with E-state index in [0.717, 1.165) is 17.0 Å². The van der Waals surface area contributed by atoms with Crippen LogP contribution in [0.4, 0.5) is 22.7 Å². The van der Waals surface area contributed by atoms with Gasteiger partial charge < -0.3 is 15.2 Å². The predicted molar refractivity (Wildman–Crippen MR) is 110 cm³/mol. The molecule has 0 saturated heterocycles. The molecule has 3 aromatic carbocycles. The lowest BCUT2D eigenvalue weighted by molar-refractivity contribution is -0.384. The second kappa shape index (κ2) is 9.43. The van der Waals surface area contributed by atoms with Crippen LogP contribution in [0.25, 0.3) is 0 Å². The Morgan fingerprint density at radius 1 is 1.03 bits per heavy atom. The number of benzene rings is 3. The number of azo groups is 1. The van der Waals surface area contributed by atoms with Gasteiger partial charge in [-0.3, -0.25) is 10.1 Å². The molecule has 0 amide bonds. The smallest absolute Gasteiger partial charge is 0.269 e. The molecule has 3 aromatic rings. The summed E-state index contributed by atoms with van der Waals surface area (Å²) < 4.78 is 5.15. The van der Waals surface area contributed by atoms with E-state index in [1.54, 1.807) is 13.2 Å². The summed E-state index contributed by atoms with van der Waals surface area (Å²) >= 11 is 0. The Bertz CT molecular complexity index is 1000. The van der Waals surface area contributed by atoms with Crippen LogP contribution in [0.1, 0.15) is 11.1 Å². The summed E-state index contributed by atoms with van der Waals surface area (Å²) in [5, 5.41) is 31.9. The molecule has 2 N–H and O–H groups in total. The standard InChI is InChI=1S/C21H20N4O4/c1-29-20-9-2-15(3-10-20)13-22-18-6-11-21(16(12-18)14-26)24-23-17-4-7-19(8-5-17)25(27)28/h2-12,22,26H,13-14H2,1H3. The minimum absolute atomic E-state index is 0.00714. The van der Waals surface area contributed by atoms with Crippen molar-refractivity contribution >= 4 is 22.7 Å². The number of anilines is 1. The van der Waals surface area contributed by atoms with Crippen LogP contribution in [0.2, 0.25) is 0 Å². The quantitative estimate of drug-likeness (QED) is 0.314. The Hall–Kier alpha value is -3.78. The van der Waals surface area contributed by atoms with Crippen LogP contribution in [0, 0.1) is 10.1 Å². The Kier molecular flexibility index (Phi) is 6.49. The van der Waals surface area contributed by atoms with Crippen LogP contribution in [0.15, 0.2) is 77.0 Å². The van der Waals surface area contributed by atoms with E-state index in [-0.39, 0.29) is 12.3 Å². The molecule has 29 heavy (non-hydrogen) atoms. The molecule has 0 aromatic heterocycles. The molecule has 0 atom stereocenters. The second-order valence-electron chi connectivity index (χ2n) is 6.18. The topological polar surface area (TPSA) is 109 Å². The number of nitro benzene ring substituents is 1. The van der Waals surface area contributed by atoms with Gasteiger partial charge in [0.05, 0.1) is 30.0 Å². The number of nitrogens with one attached hydrogen (secondary N) is 1. The lowest BCUT2D eigenvalue weighted by atomic mass is 10.1. The predicted octanol–water partition coefficient (Wildman–Crippen LogP) is 5.12. The van der Waals surface area contributed by atoms with Gasteiger partial charge in [0.1, 0.15) is 5.75 Å². The van der Waals surface area contributed by atoms with Gasteiger partial charge in [0.15, 0.2) is 0 Å². The summed E-state index contributed by atoms with van der Waals surface area (Å²) in [6.07, 6.45) is 0. The van der Waals surface area contributed by atoms with Gasteiger partial charge >= 0.3 is 0 Å². The molecule has 8 nitrogen and oxygen atoms in total. The third kappa shape index (κ3) is 5.36. The van der Waals surface area contributed by atoms with Crippen molar-refractivity contribution in [1.29, 1.82) is 0 Å². The average molecular weight is 392 g/mol. The van der Waals surface area contributed by atoms with Crippen LogP contribution in [-0.4, -0.2) is 17.1 Å².